The lowest BCUT2D eigenvalue weighted by Gasteiger charge is -2.18. The van der Waals surface area contributed by atoms with E-state index in [1.807, 2.05) is 7.05 Å². The summed E-state index contributed by atoms with van der Waals surface area (Å²) in [6, 6.07) is 0. The second-order valence-corrected chi connectivity index (χ2v) is 6.02. The average Bonchev–Trinajstić information content (AvgIpc) is 2.94. The highest BCUT2D eigenvalue weighted by Crippen LogP contribution is 2.35. The molecule has 3 nitrogen and oxygen atoms in total. The molecule has 102 valence electrons. The van der Waals surface area contributed by atoms with Crippen LogP contribution in [0.5, 0.6) is 0 Å². The lowest BCUT2D eigenvalue weighted by molar-refractivity contribution is 0.459. The number of aryl methyl sites for hydroxylation is 1. The van der Waals surface area contributed by atoms with E-state index >= 15 is 0 Å². The zero-order valence-corrected chi connectivity index (χ0v) is 12.2. The van der Waals surface area contributed by atoms with Gasteiger partial charge in [-0.2, -0.15) is 0 Å². The van der Waals surface area contributed by atoms with Gasteiger partial charge in [0.15, 0.2) is 0 Å². The zero-order chi connectivity index (χ0) is 13.1. The number of aromatic amines is 1. The van der Waals surface area contributed by atoms with Crippen LogP contribution in [0.1, 0.15) is 68.6 Å². The number of rotatable bonds is 5. The minimum atomic E-state index is 0.490. The number of nitrogens with one attached hydrogen (secondary N) is 2. The van der Waals surface area contributed by atoms with Crippen LogP contribution in [0, 0.1) is 12.8 Å². The van der Waals surface area contributed by atoms with Crippen molar-refractivity contribution in [3.8, 4) is 0 Å². The maximum Gasteiger partial charge on any atom is 0.111 e. The molecule has 1 saturated carbocycles. The van der Waals surface area contributed by atoms with Crippen molar-refractivity contribution in [3.63, 3.8) is 0 Å². The van der Waals surface area contributed by atoms with E-state index in [-0.39, 0.29) is 0 Å². The van der Waals surface area contributed by atoms with E-state index in [1.165, 1.54) is 42.9 Å². The second kappa shape index (κ2) is 5.87. The van der Waals surface area contributed by atoms with Crippen LogP contribution in [0.2, 0.25) is 0 Å². The lowest BCUT2D eigenvalue weighted by Crippen LogP contribution is -2.22. The molecule has 1 heterocycles. The van der Waals surface area contributed by atoms with Crippen molar-refractivity contribution in [3.05, 3.63) is 17.2 Å². The quantitative estimate of drug-likeness (QED) is 0.840. The Hall–Kier alpha value is -0.830. The zero-order valence-electron chi connectivity index (χ0n) is 12.2. The first-order valence-electron chi connectivity index (χ1n) is 7.34. The molecule has 1 aromatic heterocycles. The largest absolute Gasteiger partial charge is 0.346 e. The van der Waals surface area contributed by atoms with Gasteiger partial charge in [0.2, 0.25) is 0 Å². The van der Waals surface area contributed by atoms with E-state index < -0.39 is 0 Å². The van der Waals surface area contributed by atoms with Gasteiger partial charge in [-0.3, -0.25) is 0 Å². The van der Waals surface area contributed by atoms with Crippen molar-refractivity contribution in [1.82, 2.24) is 15.3 Å². The number of aromatic nitrogens is 2. The topological polar surface area (TPSA) is 40.7 Å². The Bertz CT molecular complexity index is 375. The predicted molar refractivity (Wildman–Crippen MR) is 76.0 cm³/mol. The average molecular weight is 249 g/mol. The van der Waals surface area contributed by atoms with Crippen LogP contribution in [-0.2, 0) is 0 Å². The highest BCUT2D eigenvalue weighted by molar-refractivity contribution is 5.20. The standard InChI is InChI=1S/C15H27N3/c1-10(2)13(9-16-4)15-17-11(3)14(18-15)12-7-5-6-8-12/h10,12-13,16H,5-9H2,1-4H3,(H,17,18). The number of nitrogens with zero attached hydrogens (tertiary/aromatic N) is 1. The van der Waals surface area contributed by atoms with Crippen LogP contribution in [0.15, 0.2) is 0 Å². The van der Waals surface area contributed by atoms with E-state index in [0.717, 1.165) is 6.54 Å². The summed E-state index contributed by atoms with van der Waals surface area (Å²) in [6.07, 6.45) is 5.39. The Labute approximate surface area is 111 Å². The molecule has 1 fully saturated rings. The van der Waals surface area contributed by atoms with Crippen molar-refractivity contribution in [2.45, 2.75) is 58.3 Å². The van der Waals surface area contributed by atoms with Gasteiger partial charge in [-0.05, 0) is 32.7 Å². The first-order chi connectivity index (χ1) is 8.63. The van der Waals surface area contributed by atoms with Gasteiger partial charge in [-0.15, -0.1) is 0 Å². The number of likely N-dealkylation sites (N-methyl/N-ethyl adjacent to an activating group) is 1. The van der Waals surface area contributed by atoms with Crippen molar-refractivity contribution in [2.24, 2.45) is 5.92 Å². The van der Waals surface area contributed by atoms with Crippen molar-refractivity contribution in [1.29, 1.82) is 0 Å². The molecule has 0 spiro atoms. The molecule has 1 unspecified atom stereocenters. The monoisotopic (exact) mass is 249 g/mol. The normalized spacial score (nSPS) is 18.7. The fraction of sp³-hybridized carbons (Fsp3) is 0.800. The first-order valence-corrected chi connectivity index (χ1v) is 7.34. The summed E-state index contributed by atoms with van der Waals surface area (Å²) in [5.41, 5.74) is 2.63. The molecule has 1 atom stereocenters. The van der Waals surface area contributed by atoms with Crippen molar-refractivity contribution >= 4 is 0 Å². The van der Waals surface area contributed by atoms with Crippen LogP contribution >= 0.6 is 0 Å². The van der Waals surface area contributed by atoms with Gasteiger partial charge in [0.05, 0.1) is 5.69 Å². The first kappa shape index (κ1) is 13.6. The Morgan fingerprint density at radius 1 is 1.33 bits per heavy atom. The smallest absolute Gasteiger partial charge is 0.111 e. The molecule has 2 N–H and O–H groups in total. The number of imidazole rings is 1. The van der Waals surface area contributed by atoms with Crippen LogP contribution < -0.4 is 5.32 Å². The van der Waals surface area contributed by atoms with Crippen LogP contribution in [0.25, 0.3) is 0 Å². The molecule has 0 amide bonds. The Morgan fingerprint density at radius 3 is 2.56 bits per heavy atom. The lowest BCUT2D eigenvalue weighted by atomic mass is 9.95. The fourth-order valence-corrected chi connectivity index (χ4v) is 3.14. The summed E-state index contributed by atoms with van der Waals surface area (Å²) < 4.78 is 0. The van der Waals surface area contributed by atoms with E-state index in [1.54, 1.807) is 0 Å². The highest BCUT2D eigenvalue weighted by atomic mass is 15.0. The summed E-state index contributed by atoms with van der Waals surface area (Å²) >= 11 is 0. The van der Waals surface area contributed by atoms with E-state index in [2.05, 4.69) is 31.1 Å². The van der Waals surface area contributed by atoms with Gasteiger partial charge in [-0.1, -0.05) is 26.7 Å². The number of hydrogen-bond donors (Lipinski definition) is 2. The summed E-state index contributed by atoms with van der Waals surface area (Å²) in [4.78, 5) is 8.47. The molecule has 1 aromatic rings. The Morgan fingerprint density at radius 2 is 2.00 bits per heavy atom. The Kier molecular flexibility index (Phi) is 4.44. The summed E-state index contributed by atoms with van der Waals surface area (Å²) in [7, 11) is 2.02. The van der Waals surface area contributed by atoms with E-state index in [4.69, 9.17) is 4.98 Å². The molecule has 1 aliphatic rings. The molecular formula is C15H27N3. The van der Waals surface area contributed by atoms with Gasteiger partial charge in [0, 0.05) is 24.1 Å². The minimum absolute atomic E-state index is 0.490. The van der Waals surface area contributed by atoms with Gasteiger partial charge in [-0.25, -0.2) is 4.98 Å². The van der Waals surface area contributed by atoms with Crippen LogP contribution in [0.4, 0.5) is 0 Å². The molecule has 0 saturated heterocycles. The predicted octanol–water partition coefficient (Wildman–Crippen LogP) is 3.33. The highest BCUT2D eigenvalue weighted by Gasteiger charge is 2.25. The molecule has 2 rings (SSSR count). The molecule has 18 heavy (non-hydrogen) atoms. The SMILES string of the molecule is CNCC(c1nc(C2CCCC2)c(C)[nH]1)C(C)C. The van der Waals surface area contributed by atoms with Crippen molar-refractivity contribution in [2.75, 3.05) is 13.6 Å². The Balaban J connectivity index is 2.20. The maximum absolute atomic E-state index is 4.94. The van der Waals surface area contributed by atoms with Gasteiger partial charge < -0.3 is 10.3 Å². The molecular weight excluding hydrogens is 222 g/mol. The summed E-state index contributed by atoms with van der Waals surface area (Å²) in [5.74, 6) is 2.99. The van der Waals surface area contributed by atoms with Gasteiger partial charge in [0.1, 0.15) is 5.82 Å². The van der Waals surface area contributed by atoms with Crippen LogP contribution in [-0.4, -0.2) is 23.6 Å². The number of H-pyrrole nitrogens is 1. The summed E-state index contributed by atoms with van der Waals surface area (Å²) in [5, 5.41) is 3.29. The third kappa shape index (κ3) is 2.77. The summed E-state index contributed by atoms with van der Waals surface area (Å²) in [6.45, 7) is 7.72. The van der Waals surface area contributed by atoms with E-state index in [0.29, 0.717) is 17.8 Å². The third-order valence-electron chi connectivity index (χ3n) is 4.26. The molecule has 0 radical (unpaired) electrons. The van der Waals surface area contributed by atoms with Gasteiger partial charge >= 0.3 is 0 Å². The fourth-order valence-electron chi connectivity index (χ4n) is 3.14. The maximum atomic E-state index is 4.94. The molecule has 3 heteroatoms. The molecule has 1 aliphatic carbocycles. The van der Waals surface area contributed by atoms with Gasteiger partial charge in [0.25, 0.3) is 0 Å². The molecule has 0 aromatic carbocycles. The second-order valence-electron chi connectivity index (χ2n) is 6.02. The molecule has 0 bridgehead atoms. The number of hydrogen-bond acceptors (Lipinski definition) is 2. The van der Waals surface area contributed by atoms with E-state index in [9.17, 15) is 0 Å². The third-order valence-corrected chi connectivity index (χ3v) is 4.26. The van der Waals surface area contributed by atoms with Crippen LogP contribution in [0.3, 0.4) is 0 Å². The molecule has 0 aliphatic heterocycles. The van der Waals surface area contributed by atoms with Crippen molar-refractivity contribution < 1.29 is 0 Å². The minimum Gasteiger partial charge on any atom is -0.346 e.